The average molecular weight is 232 g/mol. The molecule has 1 unspecified atom stereocenters. The van der Waals surface area contributed by atoms with Crippen molar-refractivity contribution in [2.75, 3.05) is 32.1 Å². The highest BCUT2D eigenvalue weighted by Crippen LogP contribution is 2.32. The molecule has 1 aliphatic heterocycles. The first kappa shape index (κ1) is 12.4. The Morgan fingerprint density at radius 2 is 2.12 bits per heavy atom. The van der Waals surface area contributed by atoms with Gasteiger partial charge in [-0.3, -0.25) is 0 Å². The van der Waals surface area contributed by atoms with Crippen LogP contribution < -0.4 is 10.2 Å². The SMILES string of the molecule is CNCC(c1ccc2c(c1)CCN2C)C(C)C. The van der Waals surface area contributed by atoms with E-state index >= 15 is 0 Å². The number of nitrogens with zero attached hydrogens (tertiary/aromatic N) is 1. The summed E-state index contributed by atoms with van der Waals surface area (Å²) in [5.41, 5.74) is 4.43. The van der Waals surface area contributed by atoms with Gasteiger partial charge in [0.05, 0.1) is 0 Å². The van der Waals surface area contributed by atoms with E-state index in [9.17, 15) is 0 Å². The van der Waals surface area contributed by atoms with Crippen molar-refractivity contribution >= 4 is 5.69 Å². The smallest absolute Gasteiger partial charge is 0.0397 e. The fourth-order valence-electron chi connectivity index (χ4n) is 2.78. The first-order valence-electron chi connectivity index (χ1n) is 6.62. The number of hydrogen-bond donors (Lipinski definition) is 1. The van der Waals surface area contributed by atoms with Crippen molar-refractivity contribution in [1.82, 2.24) is 5.32 Å². The molecule has 0 saturated heterocycles. The molecule has 1 heterocycles. The molecule has 0 aromatic heterocycles. The molecule has 0 fully saturated rings. The Morgan fingerprint density at radius 1 is 1.35 bits per heavy atom. The molecule has 2 rings (SSSR count). The molecule has 0 aliphatic carbocycles. The minimum atomic E-state index is 0.621. The van der Waals surface area contributed by atoms with E-state index in [1.54, 1.807) is 0 Å². The van der Waals surface area contributed by atoms with Crippen LogP contribution >= 0.6 is 0 Å². The largest absolute Gasteiger partial charge is 0.374 e. The lowest BCUT2D eigenvalue weighted by atomic mass is 9.87. The van der Waals surface area contributed by atoms with Crippen molar-refractivity contribution < 1.29 is 0 Å². The summed E-state index contributed by atoms with van der Waals surface area (Å²) in [5.74, 6) is 1.30. The first-order chi connectivity index (χ1) is 8.13. The summed E-state index contributed by atoms with van der Waals surface area (Å²) in [6.07, 6.45) is 1.20. The van der Waals surface area contributed by atoms with Gasteiger partial charge in [-0.2, -0.15) is 0 Å². The monoisotopic (exact) mass is 232 g/mol. The van der Waals surface area contributed by atoms with Gasteiger partial charge in [-0.1, -0.05) is 26.0 Å². The van der Waals surface area contributed by atoms with E-state index in [1.807, 2.05) is 7.05 Å². The summed E-state index contributed by atoms with van der Waals surface area (Å²) in [4.78, 5) is 2.35. The molecule has 0 saturated carbocycles. The number of benzene rings is 1. The molecule has 2 heteroatoms. The van der Waals surface area contributed by atoms with Crippen LogP contribution in [-0.2, 0) is 6.42 Å². The van der Waals surface area contributed by atoms with Crippen LogP contribution in [0.1, 0.15) is 30.9 Å². The lowest BCUT2D eigenvalue weighted by Crippen LogP contribution is -2.21. The molecule has 94 valence electrons. The summed E-state index contributed by atoms with van der Waals surface area (Å²) in [6, 6.07) is 7.02. The van der Waals surface area contributed by atoms with Gasteiger partial charge in [0.1, 0.15) is 0 Å². The zero-order chi connectivity index (χ0) is 12.4. The topological polar surface area (TPSA) is 15.3 Å². The third kappa shape index (κ3) is 2.47. The number of fused-ring (bicyclic) bond motifs is 1. The number of rotatable bonds is 4. The fourth-order valence-corrected chi connectivity index (χ4v) is 2.78. The molecule has 1 aromatic rings. The molecule has 1 N–H and O–H groups in total. The van der Waals surface area contributed by atoms with E-state index in [0.29, 0.717) is 11.8 Å². The van der Waals surface area contributed by atoms with Gasteiger partial charge >= 0.3 is 0 Å². The molecule has 17 heavy (non-hydrogen) atoms. The van der Waals surface area contributed by atoms with E-state index in [1.165, 1.54) is 23.2 Å². The van der Waals surface area contributed by atoms with Crippen LogP contribution in [0.3, 0.4) is 0 Å². The van der Waals surface area contributed by atoms with Crippen LogP contribution in [-0.4, -0.2) is 27.2 Å². The second-order valence-electron chi connectivity index (χ2n) is 5.47. The van der Waals surface area contributed by atoms with Gasteiger partial charge in [-0.15, -0.1) is 0 Å². The van der Waals surface area contributed by atoms with Gasteiger partial charge in [-0.25, -0.2) is 0 Å². The van der Waals surface area contributed by atoms with Crippen LogP contribution in [0.5, 0.6) is 0 Å². The molecule has 1 aromatic carbocycles. The third-order valence-corrected chi connectivity index (χ3v) is 3.89. The van der Waals surface area contributed by atoms with Gasteiger partial charge in [0.15, 0.2) is 0 Å². The van der Waals surface area contributed by atoms with Crippen LogP contribution in [0.2, 0.25) is 0 Å². The molecule has 0 spiro atoms. The van der Waals surface area contributed by atoms with E-state index in [2.05, 4.69) is 49.3 Å². The number of nitrogens with one attached hydrogen (secondary N) is 1. The van der Waals surface area contributed by atoms with Gasteiger partial charge in [0.25, 0.3) is 0 Å². The van der Waals surface area contributed by atoms with Gasteiger partial charge in [0.2, 0.25) is 0 Å². The van der Waals surface area contributed by atoms with Gasteiger partial charge < -0.3 is 10.2 Å². The van der Waals surface area contributed by atoms with E-state index in [0.717, 1.165) is 13.1 Å². The van der Waals surface area contributed by atoms with Crippen molar-refractivity contribution in [3.05, 3.63) is 29.3 Å². The Hall–Kier alpha value is -1.02. The van der Waals surface area contributed by atoms with Crippen LogP contribution in [0.4, 0.5) is 5.69 Å². The van der Waals surface area contributed by atoms with Gasteiger partial charge in [-0.05, 0) is 42.5 Å². The van der Waals surface area contributed by atoms with Crippen molar-refractivity contribution in [1.29, 1.82) is 0 Å². The van der Waals surface area contributed by atoms with Crippen molar-refractivity contribution in [2.45, 2.75) is 26.2 Å². The minimum Gasteiger partial charge on any atom is -0.374 e. The molecule has 0 amide bonds. The maximum Gasteiger partial charge on any atom is 0.0397 e. The summed E-state index contributed by atoms with van der Waals surface area (Å²) in [6.45, 7) is 6.84. The van der Waals surface area contributed by atoms with Crippen molar-refractivity contribution in [2.24, 2.45) is 5.92 Å². The Kier molecular flexibility index (Phi) is 3.72. The second kappa shape index (κ2) is 5.09. The van der Waals surface area contributed by atoms with Crippen molar-refractivity contribution in [3.63, 3.8) is 0 Å². The Morgan fingerprint density at radius 3 is 2.76 bits per heavy atom. The highest BCUT2D eigenvalue weighted by atomic mass is 15.1. The Balaban J connectivity index is 2.27. The lowest BCUT2D eigenvalue weighted by molar-refractivity contribution is 0.478. The van der Waals surface area contributed by atoms with E-state index in [-0.39, 0.29) is 0 Å². The molecule has 0 radical (unpaired) electrons. The normalized spacial score (nSPS) is 16.4. The maximum absolute atomic E-state index is 3.31. The second-order valence-corrected chi connectivity index (χ2v) is 5.47. The zero-order valence-corrected chi connectivity index (χ0v) is 11.5. The maximum atomic E-state index is 3.31. The molecule has 0 bridgehead atoms. The van der Waals surface area contributed by atoms with Crippen LogP contribution in [0.25, 0.3) is 0 Å². The zero-order valence-electron chi connectivity index (χ0n) is 11.5. The number of likely N-dealkylation sites (N-methyl/N-ethyl adjacent to an activating group) is 2. The van der Waals surface area contributed by atoms with E-state index in [4.69, 9.17) is 0 Å². The molecule has 1 atom stereocenters. The lowest BCUT2D eigenvalue weighted by Gasteiger charge is -2.22. The first-order valence-corrected chi connectivity index (χ1v) is 6.62. The molecular formula is C15H24N2. The third-order valence-electron chi connectivity index (χ3n) is 3.89. The standard InChI is InChI=1S/C15H24N2/c1-11(2)14(10-16-3)12-5-6-15-13(9-12)7-8-17(15)4/h5-6,9,11,14,16H,7-8,10H2,1-4H3. The number of hydrogen-bond acceptors (Lipinski definition) is 2. The van der Waals surface area contributed by atoms with E-state index < -0.39 is 0 Å². The fraction of sp³-hybridized carbons (Fsp3) is 0.600. The summed E-state index contributed by atoms with van der Waals surface area (Å²) >= 11 is 0. The Bertz CT molecular complexity index is 385. The quantitative estimate of drug-likeness (QED) is 0.858. The molecule has 1 aliphatic rings. The highest BCUT2D eigenvalue weighted by molar-refractivity contribution is 5.58. The molecule has 2 nitrogen and oxygen atoms in total. The Labute approximate surface area is 105 Å². The summed E-state index contributed by atoms with van der Waals surface area (Å²) in [5, 5.41) is 3.31. The van der Waals surface area contributed by atoms with Crippen LogP contribution in [0.15, 0.2) is 18.2 Å². The van der Waals surface area contributed by atoms with Crippen molar-refractivity contribution in [3.8, 4) is 0 Å². The summed E-state index contributed by atoms with van der Waals surface area (Å²) < 4.78 is 0. The average Bonchev–Trinajstić information content (AvgIpc) is 2.67. The molecular weight excluding hydrogens is 208 g/mol. The van der Waals surface area contributed by atoms with Gasteiger partial charge in [0, 0.05) is 25.8 Å². The predicted octanol–water partition coefficient (Wildman–Crippen LogP) is 2.64. The summed E-state index contributed by atoms with van der Waals surface area (Å²) in [7, 11) is 4.22. The predicted molar refractivity (Wildman–Crippen MR) is 74.9 cm³/mol. The number of anilines is 1. The van der Waals surface area contributed by atoms with Crippen LogP contribution in [0, 0.1) is 5.92 Å². The highest BCUT2D eigenvalue weighted by Gasteiger charge is 2.20. The minimum absolute atomic E-state index is 0.621.